The van der Waals surface area contributed by atoms with Crippen molar-refractivity contribution in [2.24, 2.45) is 0 Å². The minimum Gasteiger partial charge on any atom is -0.302 e. The predicted molar refractivity (Wildman–Crippen MR) is 52.4 cm³/mol. The summed E-state index contributed by atoms with van der Waals surface area (Å²) in [4.78, 5) is 4.18. The monoisotopic (exact) mass is 244 g/mol. The molecule has 2 aromatic heterocycles. The number of rotatable bonds is 1. The Balaban J connectivity index is 2.82. The average molecular weight is 246 g/mol. The fourth-order valence-corrected chi connectivity index (χ4v) is 1.79. The fraction of sp³-hybridized carbons (Fsp3) is 0.125. The molecular formula is C8H6BrClN2. The van der Waals surface area contributed by atoms with Crippen LogP contribution in [0.5, 0.6) is 0 Å². The molecule has 0 bridgehead atoms. The van der Waals surface area contributed by atoms with Crippen LogP contribution < -0.4 is 0 Å². The molecule has 2 heterocycles. The third-order valence-corrected chi connectivity index (χ3v) is 2.62. The van der Waals surface area contributed by atoms with Crippen molar-refractivity contribution in [1.29, 1.82) is 0 Å². The molecule has 0 aliphatic rings. The van der Waals surface area contributed by atoms with Gasteiger partial charge in [0.2, 0.25) is 0 Å². The van der Waals surface area contributed by atoms with Crippen molar-refractivity contribution >= 4 is 33.2 Å². The van der Waals surface area contributed by atoms with E-state index in [1.165, 1.54) is 0 Å². The molecule has 4 heteroatoms. The van der Waals surface area contributed by atoms with Gasteiger partial charge in [-0.05, 0) is 28.1 Å². The lowest BCUT2D eigenvalue weighted by molar-refractivity contribution is 1.07. The van der Waals surface area contributed by atoms with Crippen molar-refractivity contribution in [2.45, 2.75) is 5.88 Å². The molecule has 0 spiro atoms. The van der Waals surface area contributed by atoms with Gasteiger partial charge in [0.05, 0.1) is 10.4 Å². The van der Waals surface area contributed by atoms with Crippen LogP contribution in [0.1, 0.15) is 5.69 Å². The number of aromatic nitrogens is 2. The maximum Gasteiger partial charge on any atom is 0.151 e. The number of hydrogen-bond acceptors (Lipinski definition) is 1. The zero-order valence-corrected chi connectivity index (χ0v) is 8.51. The molecule has 62 valence electrons. The molecule has 2 rings (SSSR count). The quantitative estimate of drug-likeness (QED) is 0.706. The van der Waals surface area contributed by atoms with Crippen LogP contribution in [-0.4, -0.2) is 9.38 Å². The summed E-state index contributed by atoms with van der Waals surface area (Å²) >= 11 is 9.16. The van der Waals surface area contributed by atoms with Gasteiger partial charge in [0.25, 0.3) is 0 Å². The van der Waals surface area contributed by atoms with Gasteiger partial charge in [-0.15, -0.1) is 11.6 Å². The third-order valence-electron chi connectivity index (χ3n) is 1.72. The number of pyridine rings is 1. The molecule has 0 radical (unpaired) electrons. The second-order valence-electron chi connectivity index (χ2n) is 2.43. The van der Waals surface area contributed by atoms with Gasteiger partial charge in [-0.1, -0.05) is 0 Å². The summed E-state index contributed by atoms with van der Waals surface area (Å²) in [5, 5.41) is 0. The zero-order valence-electron chi connectivity index (χ0n) is 6.17. The molecule has 0 aliphatic carbocycles. The molecule has 2 nitrogen and oxygen atoms in total. The standard InChI is InChI=1S/C8H6BrClN2/c9-7-2-1-6(5-10)12-4-3-11-8(7)12/h1-4H,5H2. The van der Waals surface area contributed by atoms with Crippen LogP contribution >= 0.6 is 27.5 Å². The van der Waals surface area contributed by atoms with E-state index >= 15 is 0 Å². The first kappa shape index (κ1) is 8.08. The molecule has 12 heavy (non-hydrogen) atoms. The molecular weight excluding hydrogens is 239 g/mol. The summed E-state index contributed by atoms with van der Waals surface area (Å²) in [6.45, 7) is 0. The number of fused-ring (bicyclic) bond motifs is 1. The molecule has 0 unspecified atom stereocenters. The predicted octanol–water partition coefficient (Wildman–Crippen LogP) is 2.84. The summed E-state index contributed by atoms with van der Waals surface area (Å²) in [6, 6.07) is 3.94. The number of halogens is 2. The molecule has 0 fully saturated rings. The van der Waals surface area contributed by atoms with Crippen LogP contribution in [0.15, 0.2) is 29.0 Å². The first-order valence-electron chi connectivity index (χ1n) is 3.49. The van der Waals surface area contributed by atoms with E-state index < -0.39 is 0 Å². The SMILES string of the molecule is ClCc1ccc(Br)c2nccn12. The Morgan fingerprint density at radius 1 is 1.50 bits per heavy atom. The molecule has 0 aliphatic heterocycles. The van der Waals surface area contributed by atoms with Gasteiger partial charge < -0.3 is 4.40 Å². The highest BCUT2D eigenvalue weighted by molar-refractivity contribution is 9.10. The second-order valence-corrected chi connectivity index (χ2v) is 3.55. The largest absolute Gasteiger partial charge is 0.302 e. The Kier molecular flexibility index (Phi) is 2.07. The van der Waals surface area contributed by atoms with E-state index in [4.69, 9.17) is 11.6 Å². The third kappa shape index (κ3) is 1.13. The first-order valence-corrected chi connectivity index (χ1v) is 4.82. The van der Waals surface area contributed by atoms with Crippen LogP contribution in [0.3, 0.4) is 0 Å². The normalized spacial score (nSPS) is 10.8. The van der Waals surface area contributed by atoms with E-state index in [0.717, 1.165) is 15.8 Å². The zero-order chi connectivity index (χ0) is 8.55. The van der Waals surface area contributed by atoms with E-state index in [1.54, 1.807) is 6.20 Å². The van der Waals surface area contributed by atoms with Crippen LogP contribution in [0.2, 0.25) is 0 Å². The van der Waals surface area contributed by atoms with Crippen molar-refractivity contribution in [1.82, 2.24) is 9.38 Å². The van der Waals surface area contributed by atoms with Crippen molar-refractivity contribution in [2.75, 3.05) is 0 Å². The van der Waals surface area contributed by atoms with E-state index in [-0.39, 0.29) is 0 Å². The van der Waals surface area contributed by atoms with Gasteiger partial charge >= 0.3 is 0 Å². The smallest absolute Gasteiger partial charge is 0.151 e. The van der Waals surface area contributed by atoms with Gasteiger partial charge in [0, 0.05) is 18.1 Å². The molecule has 0 atom stereocenters. The molecule has 0 saturated carbocycles. The lowest BCUT2D eigenvalue weighted by atomic mass is 10.4. The van der Waals surface area contributed by atoms with Gasteiger partial charge in [-0.3, -0.25) is 0 Å². The molecule has 0 saturated heterocycles. The van der Waals surface area contributed by atoms with Crippen molar-refractivity contribution < 1.29 is 0 Å². The molecule has 2 aromatic rings. The summed E-state index contributed by atoms with van der Waals surface area (Å²) in [6.07, 6.45) is 3.66. The first-order chi connectivity index (χ1) is 5.83. The van der Waals surface area contributed by atoms with E-state index in [1.807, 2.05) is 22.7 Å². The van der Waals surface area contributed by atoms with Gasteiger partial charge in [0.15, 0.2) is 5.65 Å². The summed E-state index contributed by atoms with van der Waals surface area (Å²) in [5.74, 6) is 0.500. The Labute approximate surface area is 83.3 Å². The highest BCUT2D eigenvalue weighted by atomic mass is 79.9. The maximum atomic E-state index is 5.75. The minimum atomic E-state index is 0.500. The average Bonchev–Trinajstić information content (AvgIpc) is 2.54. The number of imidazole rings is 1. The second kappa shape index (κ2) is 3.07. The summed E-state index contributed by atoms with van der Waals surface area (Å²) < 4.78 is 2.96. The van der Waals surface area contributed by atoms with Gasteiger partial charge in [-0.25, -0.2) is 4.98 Å². The van der Waals surface area contributed by atoms with Crippen LogP contribution in [0, 0.1) is 0 Å². The highest BCUT2D eigenvalue weighted by Crippen LogP contribution is 2.18. The summed E-state index contributed by atoms with van der Waals surface area (Å²) in [5.41, 5.74) is 1.96. The Bertz CT molecular complexity index is 410. The Morgan fingerprint density at radius 3 is 3.08 bits per heavy atom. The number of alkyl halides is 1. The molecule has 0 aromatic carbocycles. The van der Waals surface area contributed by atoms with Crippen molar-refractivity contribution in [3.8, 4) is 0 Å². The Hall–Kier alpha value is -0.540. The highest BCUT2D eigenvalue weighted by Gasteiger charge is 2.02. The van der Waals surface area contributed by atoms with Crippen LogP contribution in [0.4, 0.5) is 0 Å². The maximum absolute atomic E-state index is 5.75. The lowest BCUT2D eigenvalue weighted by Crippen LogP contribution is -1.92. The van der Waals surface area contributed by atoms with E-state index in [2.05, 4.69) is 20.9 Å². The lowest BCUT2D eigenvalue weighted by Gasteiger charge is -2.01. The van der Waals surface area contributed by atoms with Crippen LogP contribution in [-0.2, 0) is 5.88 Å². The molecule has 0 amide bonds. The van der Waals surface area contributed by atoms with E-state index in [9.17, 15) is 0 Å². The summed E-state index contributed by atoms with van der Waals surface area (Å²) in [7, 11) is 0. The number of hydrogen-bond donors (Lipinski definition) is 0. The van der Waals surface area contributed by atoms with E-state index in [0.29, 0.717) is 5.88 Å². The van der Waals surface area contributed by atoms with Crippen molar-refractivity contribution in [3.05, 3.63) is 34.7 Å². The van der Waals surface area contributed by atoms with Crippen molar-refractivity contribution in [3.63, 3.8) is 0 Å². The van der Waals surface area contributed by atoms with Gasteiger partial charge in [-0.2, -0.15) is 0 Å². The number of nitrogens with zero attached hydrogens (tertiary/aromatic N) is 2. The van der Waals surface area contributed by atoms with Crippen LogP contribution in [0.25, 0.3) is 5.65 Å². The minimum absolute atomic E-state index is 0.500. The van der Waals surface area contributed by atoms with Gasteiger partial charge in [0.1, 0.15) is 0 Å². The topological polar surface area (TPSA) is 17.3 Å². The Morgan fingerprint density at radius 2 is 2.33 bits per heavy atom. The fourth-order valence-electron chi connectivity index (χ4n) is 1.15. The molecule has 0 N–H and O–H groups in total.